The summed E-state index contributed by atoms with van der Waals surface area (Å²) in [5.41, 5.74) is 13.7. The van der Waals surface area contributed by atoms with E-state index >= 15 is 0 Å². The predicted octanol–water partition coefficient (Wildman–Crippen LogP) is 2.94. The van der Waals surface area contributed by atoms with Gasteiger partial charge >= 0.3 is 0 Å². The quantitative estimate of drug-likeness (QED) is 0.461. The second-order valence-electron chi connectivity index (χ2n) is 9.03. The Morgan fingerprint density at radius 3 is 2.46 bits per heavy atom. The molecule has 0 spiro atoms. The fourth-order valence-corrected chi connectivity index (χ4v) is 4.24. The summed E-state index contributed by atoms with van der Waals surface area (Å²) in [6.07, 6.45) is 7.08. The fourth-order valence-electron chi connectivity index (χ4n) is 4.24. The maximum Gasteiger partial charge on any atom is 0.254 e. The van der Waals surface area contributed by atoms with E-state index in [2.05, 4.69) is 23.1 Å². The highest BCUT2D eigenvalue weighted by molar-refractivity contribution is 5.95. The lowest BCUT2D eigenvalue weighted by molar-refractivity contribution is 0.00590. The lowest BCUT2D eigenvalue weighted by atomic mass is 9.94. The highest BCUT2D eigenvalue weighted by Crippen LogP contribution is 2.47. The molecule has 35 heavy (non-hydrogen) atoms. The minimum atomic E-state index is -0.430. The molecule has 1 saturated heterocycles. The van der Waals surface area contributed by atoms with E-state index in [-0.39, 0.29) is 17.3 Å². The Labute approximate surface area is 203 Å². The van der Waals surface area contributed by atoms with Crippen LogP contribution in [0.25, 0.3) is 5.57 Å². The number of aliphatic imine (C=N–C) groups is 1. The van der Waals surface area contributed by atoms with Crippen molar-refractivity contribution in [3.05, 3.63) is 95.8 Å². The van der Waals surface area contributed by atoms with Gasteiger partial charge in [-0.3, -0.25) is 15.2 Å². The zero-order chi connectivity index (χ0) is 24.6. The van der Waals surface area contributed by atoms with Gasteiger partial charge in [-0.25, -0.2) is 4.99 Å². The third-order valence-corrected chi connectivity index (χ3v) is 6.56. The fraction of sp³-hybridized carbons (Fsp3) is 0.222. The largest absolute Gasteiger partial charge is 0.389 e. The summed E-state index contributed by atoms with van der Waals surface area (Å²) >= 11 is 0. The van der Waals surface area contributed by atoms with E-state index in [1.54, 1.807) is 40.4 Å². The molecule has 0 bridgehead atoms. The van der Waals surface area contributed by atoms with E-state index in [1.165, 1.54) is 0 Å². The molecule has 0 radical (unpaired) electrons. The summed E-state index contributed by atoms with van der Waals surface area (Å²) in [4.78, 5) is 18.3. The van der Waals surface area contributed by atoms with Gasteiger partial charge in [-0.05, 0) is 54.3 Å². The molecule has 3 aliphatic rings. The number of aliphatic hydroxyl groups is 1. The highest BCUT2D eigenvalue weighted by atomic mass is 16.3. The number of nitriles is 1. The molecule has 0 unspecified atom stereocenters. The van der Waals surface area contributed by atoms with Crippen LogP contribution in [0.4, 0.5) is 5.69 Å². The number of carbonyl (C=O) groups excluding carboxylic acids is 1. The standard InChI is InChI=1S/C27H26N6O2/c1-18-24(19-4-8-21(9-5-19)27(17-28)12-13-27)3-2-14-33(18)31-26(29)30-22-10-6-20(7-11-22)25(35)32-15-23(34)16-32/h2-11,14,23,34H,1,12-13,15-16H2,(H3,29,30,31). The summed E-state index contributed by atoms with van der Waals surface area (Å²) in [6, 6.07) is 17.3. The molecule has 5 rings (SSSR count). The minimum Gasteiger partial charge on any atom is -0.389 e. The van der Waals surface area contributed by atoms with Gasteiger partial charge in [0.25, 0.3) is 5.91 Å². The number of nitrogens with one attached hydrogen (secondary N) is 1. The first kappa shape index (κ1) is 22.4. The number of carbonyl (C=O) groups is 1. The Hall–Kier alpha value is -4.35. The van der Waals surface area contributed by atoms with Crippen molar-refractivity contribution in [1.82, 2.24) is 15.3 Å². The molecule has 2 fully saturated rings. The highest BCUT2D eigenvalue weighted by Gasteiger charge is 2.44. The van der Waals surface area contributed by atoms with Crippen molar-refractivity contribution in [2.24, 2.45) is 10.7 Å². The number of guanidine groups is 1. The number of hydrazine groups is 1. The van der Waals surface area contributed by atoms with E-state index < -0.39 is 6.10 Å². The smallest absolute Gasteiger partial charge is 0.254 e. The van der Waals surface area contributed by atoms with Gasteiger partial charge in [-0.15, -0.1) is 0 Å². The molecule has 2 heterocycles. The van der Waals surface area contributed by atoms with Gasteiger partial charge in [0, 0.05) is 30.4 Å². The normalized spacial score (nSPS) is 19.0. The molecular weight excluding hydrogens is 440 g/mol. The number of hydrogen-bond acceptors (Lipinski definition) is 5. The van der Waals surface area contributed by atoms with E-state index in [0.29, 0.717) is 30.0 Å². The van der Waals surface area contributed by atoms with E-state index in [4.69, 9.17) is 5.73 Å². The number of benzene rings is 2. The van der Waals surface area contributed by atoms with Crippen LogP contribution in [-0.4, -0.2) is 46.1 Å². The Morgan fingerprint density at radius 1 is 1.17 bits per heavy atom. The molecule has 0 aromatic heterocycles. The van der Waals surface area contributed by atoms with Crippen molar-refractivity contribution < 1.29 is 9.90 Å². The van der Waals surface area contributed by atoms with Crippen LogP contribution in [0, 0.1) is 11.3 Å². The predicted molar refractivity (Wildman–Crippen MR) is 134 cm³/mol. The number of aliphatic hydroxyl groups excluding tert-OH is 1. The molecule has 2 aliphatic heterocycles. The number of nitrogens with zero attached hydrogens (tertiary/aromatic N) is 4. The summed E-state index contributed by atoms with van der Waals surface area (Å²) in [5.74, 6) is 0.0565. The average Bonchev–Trinajstić information content (AvgIpc) is 3.65. The van der Waals surface area contributed by atoms with Gasteiger partial charge in [-0.1, -0.05) is 36.9 Å². The van der Waals surface area contributed by atoms with Crippen molar-refractivity contribution in [2.45, 2.75) is 24.4 Å². The zero-order valence-electron chi connectivity index (χ0n) is 19.2. The van der Waals surface area contributed by atoms with Gasteiger partial charge in [0.05, 0.1) is 29.0 Å². The zero-order valence-corrected chi connectivity index (χ0v) is 19.2. The van der Waals surface area contributed by atoms with E-state index in [9.17, 15) is 15.2 Å². The topological polar surface area (TPSA) is 118 Å². The number of β-amino-alcohol motifs (C(OH)–C–C–N with tert-alkyl or cyclic N) is 1. The summed E-state index contributed by atoms with van der Waals surface area (Å²) in [5, 5.41) is 20.5. The van der Waals surface area contributed by atoms with Gasteiger partial charge in [-0.2, -0.15) is 5.26 Å². The van der Waals surface area contributed by atoms with E-state index in [1.807, 2.05) is 36.4 Å². The van der Waals surface area contributed by atoms with Crippen LogP contribution >= 0.6 is 0 Å². The van der Waals surface area contributed by atoms with Gasteiger partial charge in [0.1, 0.15) is 0 Å². The monoisotopic (exact) mass is 466 g/mol. The third-order valence-electron chi connectivity index (χ3n) is 6.56. The lowest BCUT2D eigenvalue weighted by Crippen LogP contribution is -2.53. The molecule has 1 amide bonds. The SMILES string of the molecule is C=C1C(c2ccc(C3(C#N)CC3)cc2)=CC=CN1NC(N)=Nc1ccc(C(=O)N2CC(O)C2)cc1. The van der Waals surface area contributed by atoms with Crippen LogP contribution in [0.3, 0.4) is 0 Å². The number of hydrogen-bond donors (Lipinski definition) is 3. The first-order chi connectivity index (χ1) is 16.9. The van der Waals surface area contributed by atoms with Crippen LogP contribution in [0.2, 0.25) is 0 Å². The summed E-state index contributed by atoms with van der Waals surface area (Å²) in [7, 11) is 0. The number of nitrogens with two attached hydrogens (primary N) is 1. The summed E-state index contributed by atoms with van der Waals surface area (Å²) < 4.78 is 0. The van der Waals surface area contributed by atoms with Crippen LogP contribution in [0.5, 0.6) is 0 Å². The number of rotatable bonds is 5. The second kappa shape index (κ2) is 8.78. The third kappa shape index (κ3) is 4.42. The Bertz CT molecular complexity index is 1290. The number of amides is 1. The molecule has 8 heteroatoms. The molecule has 2 aromatic rings. The molecule has 8 nitrogen and oxygen atoms in total. The van der Waals surface area contributed by atoms with Crippen molar-refractivity contribution in [1.29, 1.82) is 5.26 Å². The lowest BCUT2D eigenvalue weighted by Gasteiger charge is -2.35. The van der Waals surface area contributed by atoms with Crippen molar-refractivity contribution in [2.75, 3.05) is 13.1 Å². The molecule has 2 aromatic carbocycles. The van der Waals surface area contributed by atoms with E-state index in [0.717, 1.165) is 29.5 Å². The van der Waals surface area contributed by atoms with Crippen LogP contribution in [-0.2, 0) is 5.41 Å². The van der Waals surface area contributed by atoms with Crippen LogP contribution in [0.15, 0.2) is 84.2 Å². The van der Waals surface area contributed by atoms with Crippen molar-refractivity contribution in [3.8, 4) is 6.07 Å². The maximum absolute atomic E-state index is 12.3. The molecule has 1 aliphatic carbocycles. The molecule has 1 saturated carbocycles. The Kier molecular flexibility index (Phi) is 5.63. The maximum atomic E-state index is 12.3. The van der Waals surface area contributed by atoms with Gasteiger partial charge in [0.15, 0.2) is 0 Å². The number of allylic oxidation sites excluding steroid dienone is 3. The van der Waals surface area contributed by atoms with Gasteiger partial charge < -0.3 is 15.7 Å². The number of likely N-dealkylation sites (tertiary alicyclic amines) is 1. The van der Waals surface area contributed by atoms with Gasteiger partial charge in [0.2, 0.25) is 5.96 Å². The first-order valence-electron chi connectivity index (χ1n) is 11.5. The first-order valence-corrected chi connectivity index (χ1v) is 11.5. The van der Waals surface area contributed by atoms with Crippen molar-refractivity contribution >= 4 is 23.1 Å². The minimum absolute atomic E-state index is 0.112. The molecule has 176 valence electrons. The summed E-state index contributed by atoms with van der Waals surface area (Å²) in [6.45, 7) is 4.93. The molecule has 0 atom stereocenters. The average molecular weight is 467 g/mol. The van der Waals surface area contributed by atoms with Crippen LogP contribution < -0.4 is 11.2 Å². The Balaban J connectivity index is 1.23. The van der Waals surface area contributed by atoms with Crippen LogP contribution in [0.1, 0.15) is 34.3 Å². The Morgan fingerprint density at radius 2 is 1.86 bits per heavy atom. The molecular formula is C27H26N6O2. The molecule has 4 N–H and O–H groups in total. The van der Waals surface area contributed by atoms with Crippen molar-refractivity contribution in [3.63, 3.8) is 0 Å². The second-order valence-corrected chi connectivity index (χ2v) is 9.03.